The first-order valence-electron chi connectivity index (χ1n) is 5.91. The van der Waals surface area contributed by atoms with Gasteiger partial charge in [0.05, 0.1) is 11.0 Å². The first kappa shape index (κ1) is 14.7. The number of sulfonamides is 1. The van der Waals surface area contributed by atoms with Crippen molar-refractivity contribution < 1.29 is 13.5 Å². The Hall–Kier alpha value is -0.690. The summed E-state index contributed by atoms with van der Waals surface area (Å²) in [6.07, 6.45) is -0.716. The van der Waals surface area contributed by atoms with Crippen LogP contribution in [0.4, 0.5) is 0 Å². The zero-order valence-corrected chi connectivity index (χ0v) is 13.0. The van der Waals surface area contributed by atoms with Crippen LogP contribution in [0.15, 0.2) is 40.2 Å². The number of aliphatic hydroxyl groups excluding tert-OH is 1. The van der Waals surface area contributed by atoms with E-state index in [0.29, 0.717) is 4.48 Å². The number of nitrogens with zero attached hydrogens (tertiary/aromatic N) is 1. The van der Waals surface area contributed by atoms with Crippen molar-refractivity contribution in [2.24, 2.45) is 5.92 Å². The molecular weight excluding hydrogens is 330 g/mol. The highest BCUT2D eigenvalue weighted by atomic mass is 79.9. The first-order valence-corrected chi connectivity index (χ1v) is 8.15. The van der Waals surface area contributed by atoms with Gasteiger partial charge in [-0.1, -0.05) is 40.2 Å². The Morgan fingerprint density at radius 1 is 1.37 bits per heavy atom. The summed E-state index contributed by atoms with van der Waals surface area (Å²) in [5.41, 5.74) is 1.01. The van der Waals surface area contributed by atoms with Gasteiger partial charge in [-0.05, 0) is 23.5 Å². The van der Waals surface area contributed by atoms with Crippen LogP contribution in [0.3, 0.4) is 0 Å². The molecule has 0 spiro atoms. The van der Waals surface area contributed by atoms with E-state index in [1.54, 1.807) is 24.3 Å². The van der Waals surface area contributed by atoms with Crippen LogP contribution in [0.2, 0.25) is 0 Å². The number of aryl methyl sites for hydroxylation is 1. The Kier molecular flexibility index (Phi) is 4.15. The smallest absolute Gasteiger partial charge is 0.243 e. The van der Waals surface area contributed by atoms with Crippen molar-refractivity contribution in [1.29, 1.82) is 0 Å². The molecule has 0 aromatic heterocycles. The van der Waals surface area contributed by atoms with E-state index in [9.17, 15) is 13.5 Å². The van der Waals surface area contributed by atoms with Gasteiger partial charge in [0.25, 0.3) is 0 Å². The Balaban J connectivity index is 2.27. The van der Waals surface area contributed by atoms with Crippen molar-refractivity contribution in [2.45, 2.75) is 17.9 Å². The highest BCUT2D eigenvalue weighted by Gasteiger charge is 2.39. The van der Waals surface area contributed by atoms with Crippen LogP contribution >= 0.6 is 15.9 Å². The standard InChI is InChI=1S/C13H16BrNO3S/c1-9-3-5-11(6-4-9)19(17,18)15-7-12(10(2)14)13(16)8-15/h3-6,12-13,16H,2,7-8H2,1H3/t12-,13-/m0/s1. The van der Waals surface area contributed by atoms with Gasteiger partial charge in [-0.2, -0.15) is 4.31 Å². The van der Waals surface area contributed by atoms with E-state index in [1.165, 1.54) is 4.31 Å². The number of β-amino-alcohol motifs (C(OH)–C–C–N with tert-alkyl or cyclic N) is 1. The maximum absolute atomic E-state index is 12.4. The second-order valence-electron chi connectivity index (χ2n) is 4.76. The lowest BCUT2D eigenvalue weighted by atomic mass is 10.1. The summed E-state index contributed by atoms with van der Waals surface area (Å²) >= 11 is 3.23. The molecule has 6 heteroatoms. The van der Waals surface area contributed by atoms with Gasteiger partial charge in [-0.15, -0.1) is 0 Å². The fraction of sp³-hybridized carbons (Fsp3) is 0.385. The van der Waals surface area contributed by atoms with Crippen LogP contribution in [0.5, 0.6) is 0 Å². The zero-order chi connectivity index (χ0) is 14.2. The van der Waals surface area contributed by atoms with E-state index in [2.05, 4.69) is 22.5 Å². The molecule has 2 rings (SSSR count). The number of aliphatic hydroxyl groups is 1. The van der Waals surface area contributed by atoms with E-state index in [4.69, 9.17) is 0 Å². The minimum atomic E-state index is -3.54. The van der Waals surface area contributed by atoms with Gasteiger partial charge in [-0.25, -0.2) is 8.42 Å². The number of hydrogen-bond acceptors (Lipinski definition) is 3. The lowest BCUT2D eigenvalue weighted by Gasteiger charge is -2.16. The predicted octanol–water partition coefficient (Wildman–Crippen LogP) is 1.89. The van der Waals surface area contributed by atoms with Gasteiger partial charge in [-0.3, -0.25) is 0 Å². The molecule has 104 valence electrons. The lowest BCUT2D eigenvalue weighted by Crippen LogP contribution is -2.29. The van der Waals surface area contributed by atoms with Crippen LogP contribution in [0.1, 0.15) is 5.56 Å². The number of benzene rings is 1. The molecule has 0 saturated carbocycles. The van der Waals surface area contributed by atoms with E-state index >= 15 is 0 Å². The van der Waals surface area contributed by atoms with Gasteiger partial charge < -0.3 is 5.11 Å². The predicted molar refractivity (Wildman–Crippen MR) is 77.5 cm³/mol. The molecule has 0 amide bonds. The summed E-state index contributed by atoms with van der Waals surface area (Å²) in [7, 11) is -3.54. The van der Waals surface area contributed by atoms with E-state index in [0.717, 1.165) is 5.56 Å². The first-order chi connectivity index (χ1) is 8.82. The van der Waals surface area contributed by atoms with Crippen LogP contribution in [0, 0.1) is 12.8 Å². The minimum Gasteiger partial charge on any atom is -0.391 e. The highest BCUT2D eigenvalue weighted by molar-refractivity contribution is 9.11. The van der Waals surface area contributed by atoms with Crippen LogP contribution in [-0.2, 0) is 10.0 Å². The third kappa shape index (κ3) is 2.91. The molecule has 1 aliphatic heterocycles. The minimum absolute atomic E-state index is 0.103. The van der Waals surface area contributed by atoms with Crippen molar-refractivity contribution >= 4 is 26.0 Å². The van der Waals surface area contributed by atoms with Gasteiger partial charge >= 0.3 is 0 Å². The summed E-state index contributed by atoms with van der Waals surface area (Å²) in [4.78, 5) is 0.256. The van der Waals surface area contributed by atoms with Crippen molar-refractivity contribution in [3.05, 3.63) is 40.9 Å². The van der Waals surface area contributed by atoms with E-state index < -0.39 is 16.1 Å². The monoisotopic (exact) mass is 345 g/mol. The third-order valence-corrected chi connectivity index (χ3v) is 5.75. The van der Waals surface area contributed by atoms with Crippen LogP contribution < -0.4 is 0 Å². The molecule has 0 radical (unpaired) electrons. The molecule has 0 bridgehead atoms. The van der Waals surface area contributed by atoms with Crippen molar-refractivity contribution in [3.8, 4) is 0 Å². The normalized spacial score (nSPS) is 24.6. The Morgan fingerprint density at radius 2 is 1.95 bits per heavy atom. The molecule has 1 saturated heterocycles. The maximum atomic E-state index is 12.4. The lowest BCUT2D eigenvalue weighted by molar-refractivity contribution is 0.163. The summed E-state index contributed by atoms with van der Waals surface area (Å²) < 4.78 is 26.8. The maximum Gasteiger partial charge on any atom is 0.243 e. The average Bonchev–Trinajstić information content (AvgIpc) is 2.72. The molecule has 0 aliphatic carbocycles. The fourth-order valence-electron chi connectivity index (χ4n) is 2.11. The van der Waals surface area contributed by atoms with Crippen molar-refractivity contribution in [2.75, 3.05) is 13.1 Å². The second-order valence-corrected chi connectivity index (χ2v) is 7.71. The van der Waals surface area contributed by atoms with Gasteiger partial charge in [0.15, 0.2) is 0 Å². The largest absolute Gasteiger partial charge is 0.391 e. The Morgan fingerprint density at radius 3 is 2.42 bits per heavy atom. The molecule has 4 nitrogen and oxygen atoms in total. The molecule has 2 atom stereocenters. The molecule has 1 aliphatic rings. The molecular formula is C13H16BrNO3S. The van der Waals surface area contributed by atoms with Crippen molar-refractivity contribution in [3.63, 3.8) is 0 Å². The molecule has 19 heavy (non-hydrogen) atoms. The molecule has 0 unspecified atom stereocenters. The van der Waals surface area contributed by atoms with Crippen LogP contribution in [0.25, 0.3) is 0 Å². The van der Waals surface area contributed by atoms with Gasteiger partial charge in [0.2, 0.25) is 10.0 Å². The second kappa shape index (κ2) is 5.36. The summed E-state index contributed by atoms with van der Waals surface area (Å²) in [5.74, 6) is -0.264. The topological polar surface area (TPSA) is 57.6 Å². The average molecular weight is 346 g/mol. The summed E-state index contributed by atoms with van der Waals surface area (Å²) in [6.45, 7) is 5.98. The van der Waals surface area contributed by atoms with Gasteiger partial charge in [0.1, 0.15) is 0 Å². The molecule has 1 aromatic carbocycles. The SMILES string of the molecule is C=C(Br)[C@@H]1CN(S(=O)(=O)c2ccc(C)cc2)C[C@@H]1O. The molecule has 1 heterocycles. The number of hydrogen-bond donors (Lipinski definition) is 1. The summed E-state index contributed by atoms with van der Waals surface area (Å²) in [5, 5.41) is 9.89. The Bertz CT molecular complexity index is 582. The van der Waals surface area contributed by atoms with Crippen molar-refractivity contribution in [1.82, 2.24) is 4.31 Å². The fourth-order valence-corrected chi connectivity index (χ4v) is 4.05. The van der Waals surface area contributed by atoms with E-state index in [1.807, 2.05) is 6.92 Å². The zero-order valence-electron chi connectivity index (χ0n) is 10.6. The van der Waals surface area contributed by atoms with Gasteiger partial charge in [0, 0.05) is 19.0 Å². The summed E-state index contributed by atoms with van der Waals surface area (Å²) in [6, 6.07) is 6.71. The highest BCUT2D eigenvalue weighted by Crippen LogP contribution is 2.30. The van der Waals surface area contributed by atoms with E-state index in [-0.39, 0.29) is 23.9 Å². The van der Waals surface area contributed by atoms with Crippen LogP contribution in [-0.4, -0.2) is 37.0 Å². The molecule has 1 fully saturated rings. The Labute approximate surface area is 121 Å². The third-order valence-electron chi connectivity index (χ3n) is 3.32. The molecule has 1 aromatic rings. The molecule has 1 N–H and O–H groups in total. The quantitative estimate of drug-likeness (QED) is 0.909. The number of rotatable bonds is 3. The number of halogens is 1.